The molecule has 3 N–H and O–H groups in total. The molecule has 0 spiro atoms. The van der Waals surface area contributed by atoms with E-state index in [2.05, 4.69) is 25.6 Å². The van der Waals surface area contributed by atoms with Crippen LogP contribution in [0.25, 0.3) is 11.3 Å². The Morgan fingerprint density at radius 1 is 1.21 bits per heavy atom. The molecule has 7 heteroatoms. The Kier molecular flexibility index (Phi) is 5.02. The zero-order valence-electron chi connectivity index (χ0n) is 13.3. The molecule has 3 aromatic heterocycles. The fraction of sp³-hybridized carbons (Fsp3) is 0.235. The maximum Gasteiger partial charge on any atom is 0.225 e. The van der Waals surface area contributed by atoms with Crippen molar-refractivity contribution in [3.8, 4) is 11.3 Å². The monoisotopic (exact) mass is 325 g/mol. The standard InChI is InChI=1S/C17H19N5O2/c1-12(11-23)20-17-21-15(13-4-6-18-7-5-13)9-16(22-17)19-10-14-3-2-8-24-14/h2-9,12,23H,10-11H2,1H3,(H2,19,20,21,22)/t12-/m1/s1. The summed E-state index contributed by atoms with van der Waals surface area (Å²) >= 11 is 0. The van der Waals surface area contributed by atoms with E-state index in [9.17, 15) is 5.11 Å². The summed E-state index contributed by atoms with van der Waals surface area (Å²) in [6.07, 6.45) is 5.07. The van der Waals surface area contributed by atoms with Gasteiger partial charge in [-0.15, -0.1) is 0 Å². The number of aromatic nitrogens is 3. The van der Waals surface area contributed by atoms with Gasteiger partial charge in [0.25, 0.3) is 0 Å². The summed E-state index contributed by atoms with van der Waals surface area (Å²) in [7, 11) is 0. The fourth-order valence-corrected chi connectivity index (χ4v) is 2.13. The predicted octanol–water partition coefficient (Wildman–Crippen LogP) is 2.54. The number of pyridine rings is 1. The molecule has 124 valence electrons. The molecule has 7 nitrogen and oxygen atoms in total. The van der Waals surface area contributed by atoms with Gasteiger partial charge in [0.2, 0.25) is 5.95 Å². The molecule has 3 heterocycles. The van der Waals surface area contributed by atoms with Crippen molar-refractivity contribution in [1.29, 1.82) is 0 Å². The van der Waals surface area contributed by atoms with Crippen LogP contribution in [0.2, 0.25) is 0 Å². The van der Waals surface area contributed by atoms with Gasteiger partial charge in [0, 0.05) is 30.1 Å². The van der Waals surface area contributed by atoms with Crippen LogP contribution in [-0.2, 0) is 6.54 Å². The van der Waals surface area contributed by atoms with Crippen molar-refractivity contribution in [2.75, 3.05) is 17.2 Å². The number of nitrogens with one attached hydrogen (secondary N) is 2. The second-order valence-corrected chi connectivity index (χ2v) is 5.36. The van der Waals surface area contributed by atoms with E-state index < -0.39 is 0 Å². The highest BCUT2D eigenvalue weighted by atomic mass is 16.3. The Labute approximate surface area is 139 Å². The number of hydrogen-bond acceptors (Lipinski definition) is 7. The van der Waals surface area contributed by atoms with Gasteiger partial charge in [-0.05, 0) is 31.2 Å². The Bertz CT molecular complexity index is 762. The van der Waals surface area contributed by atoms with Gasteiger partial charge in [-0.1, -0.05) is 0 Å². The molecule has 0 radical (unpaired) electrons. The maximum atomic E-state index is 9.23. The number of furan rings is 1. The summed E-state index contributed by atoms with van der Waals surface area (Å²) in [5, 5.41) is 15.5. The summed E-state index contributed by atoms with van der Waals surface area (Å²) in [5.41, 5.74) is 1.70. The number of nitrogens with zero attached hydrogens (tertiary/aromatic N) is 3. The lowest BCUT2D eigenvalue weighted by Gasteiger charge is -2.14. The van der Waals surface area contributed by atoms with Crippen molar-refractivity contribution in [1.82, 2.24) is 15.0 Å². The van der Waals surface area contributed by atoms with E-state index in [4.69, 9.17) is 4.42 Å². The number of aliphatic hydroxyl groups excluding tert-OH is 1. The van der Waals surface area contributed by atoms with E-state index in [0.717, 1.165) is 17.0 Å². The molecule has 0 aliphatic heterocycles. The molecule has 0 aliphatic rings. The van der Waals surface area contributed by atoms with Crippen molar-refractivity contribution < 1.29 is 9.52 Å². The molecule has 0 aliphatic carbocycles. The first kappa shape index (κ1) is 15.9. The van der Waals surface area contributed by atoms with Crippen LogP contribution in [0.5, 0.6) is 0 Å². The van der Waals surface area contributed by atoms with Gasteiger partial charge < -0.3 is 20.2 Å². The van der Waals surface area contributed by atoms with E-state index in [1.807, 2.05) is 37.3 Å². The molecule has 0 aromatic carbocycles. The third kappa shape index (κ3) is 4.08. The van der Waals surface area contributed by atoms with Gasteiger partial charge in [0.15, 0.2) is 0 Å². The van der Waals surface area contributed by atoms with Crippen molar-refractivity contribution in [3.63, 3.8) is 0 Å². The minimum absolute atomic E-state index is 0.00198. The third-order valence-electron chi connectivity index (χ3n) is 3.38. The van der Waals surface area contributed by atoms with E-state index in [1.165, 1.54) is 0 Å². The molecule has 24 heavy (non-hydrogen) atoms. The average Bonchev–Trinajstić information content (AvgIpc) is 3.14. The first-order valence-corrected chi connectivity index (χ1v) is 7.67. The molecule has 0 unspecified atom stereocenters. The van der Waals surface area contributed by atoms with Gasteiger partial charge in [-0.2, -0.15) is 4.98 Å². The fourth-order valence-electron chi connectivity index (χ4n) is 2.13. The van der Waals surface area contributed by atoms with Crippen molar-refractivity contribution in [2.24, 2.45) is 0 Å². The lowest BCUT2D eigenvalue weighted by atomic mass is 10.2. The molecular weight excluding hydrogens is 306 g/mol. The first-order valence-electron chi connectivity index (χ1n) is 7.67. The number of aliphatic hydroxyl groups is 1. The number of anilines is 2. The Balaban J connectivity index is 1.87. The summed E-state index contributed by atoms with van der Waals surface area (Å²) in [6, 6.07) is 9.24. The van der Waals surface area contributed by atoms with Crippen LogP contribution in [0.15, 0.2) is 53.4 Å². The van der Waals surface area contributed by atoms with Crippen LogP contribution in [-0.4, -0.2) is 32.7 Å². The van der Waals surface area contributed by atoms with E-state index in [0.29, 0.717) is 18.3 Å². The summed E-state index contributed by atoms with van der Waals surface area (Å²) in [6.45, 7) is 2.38. The van der Waals surface area contributed by atoms with Gasteiger partial charge in [0.1, 0.15) is 11.6 Å². The zero-order valence-corrected chi connectivity index (χ0v) is 13.3. The Morgan fingerprint density at radius 2 is 2.04 bits per heavy atom. The lowest BCUT2D eigenvalue weighted by molar-refractivity contribution is 0.281. The SMILES string of the molecule is C[C@H](CO)Nc1nc(NCc2ccco2)cc(-c2ccncc2)n1. The first-order chi connectivity index (χ1) is 11.7. The Morgan fingerprint density at radius 3 is 2.75 bits per heavy atom. The second-order valence-electron chi connectivity index (χ2n) is 5.36. The summed E-state index contributed by atoms with van der Waals surface area (Å²) < 4.78 is 5.32. The normalized spacial score (nSPS) is 11.9. The molecule has 3 aromatic rings. The highest BCUT2D eigenvalue weighted by Gasteiger charge is 2.09. The average molecular weight is 325 g/mol. The molecule has 0 amide bonds. The van der Waals surface area contributed by atoms with E-state index in [-0.39, 0.29) is 12.6 Å². The van der Waals surface area contributed by atoms with Crippen molar-refractivity contribution >= 4 is 11.8 Å². The summed E-state index contributed by atoms with van der Waals surface area (Å²) in [5.74, 6) is 1.94. The number of hydrogen-bond donors (Lipinski definition) is 3. The van der Waals surface area contributed by atoms with Gasteiger partial charge in [0.05, 0.1) is 25.1 Å². The Hall–Kier alpha value is -2.93. The minimum Gasteiger partial charge on any atom is -0.467 e. The van der Waals surface area contributed by atoms with Crippen LogP contribution in [0.1, 0.15) is 12.7 Å². The topological polar surface area (TPSA) is 96.1 Å². The minimum atomic E-state index is -0.143. The highest BCUT2D eigenvalue weighted by Crippen LogP contribution is 2.21. The van der Waals surface area contributed by atoms with E-state index >= 15 is 0 Å². The van der Waals surface area contributed by atoms with Gasteiger partial charge in [-0.25, -0.2) is 4.98 Å². The summed E-state index contributed by atoms with van der Waals surface area (Å²) in [4.78, 5) is 13.0. The quantitative estimate of drug-likeness (QED) is 0.614. The van der Waals surface area contributed by atoms with Crippen LogP contribution in [0, 0.1) is 0 Å². The van der Waals surface area contributed by atoms with Crippen LogP contribution in [0.3, 0.4) is 0 Å². The van der Waals surface area contributed by atoms with Gasteiger partial charge >= 0.3 is 0 Å². The van der Waals surface area contributed by atoms with Gasteiger partial charge in [-0.3, -0.25) is 4.98 Å². The van der Waals surface area contributed by atoms with Crippen LogP contribution < -0.4 is 10.6 Å². The van der Waals surface area contributed by atoms with Crippen LogP contribution in [0.4, 0.5) is 11.8 Å². The van der Waals surface area contributed by atoms with E-state index in [1.54, 1.807) is 18.7 Å². The van der Waals surface area contributed by atoms with Crippen LogP contribution >= 0.6 is 0 Å². The largest absolute Gasteiger partial charge is 0.467 e. The number of rotatable bonds is 7. The lowest BCUT2D eigenvalue weighted by Crippen LogP contribution is -2.21. The molecule has 0 saturated heterocycles. The maximum absolute atomic E-state index is 9.23. The van der Waals surface area contributed by atoms with Crippen molar-refractivity contribution in [2.45, 2.75) is 19.5 Å². The smallest absolute Gasteiger partial charge is 0.225 e. The molecular formula is C17H19N5O2. The zero-order chi connectivity index (χ0) is 16.8. The molecule has 0 saturated carbocycles. The van der Waals surface area contributed by atoms with Crippen molar-refractivity contribution in [3.05, 3.63) is 54.7 Å². The third-order valence-corrected chi connectivity index (χ3v) is 3.38. The molecule has 0 fully saturated rings. The predicted molar refractivity (Wildman–Crippen MR) is 91.5 cm³/mol. The molecule has 0 bridgehead atoms. The molecule has 3 rings (SSSR count). The second kappa shape index (κ2) is 7.56. The molecule has 1 atom stereocenters. The highest BCUT2D eigenvalue weighted by molar-refractivity contribution is 5.63.